The Hall–Kier alpha value is -3.26. The summed E-state index contributed by atoms with van der Waals surface area (Å²) in [6.07, 6.45) is 3.53. The van der Waals surface area contributed by atoms with E-state index in [0.29, 0.717) is 24.4 Å². The highest BCUT2D eigenvalue weighted by Gasteiger charge is 2.13. The highest BCUT2D eigenvalue weighted by molar-refractivity contribution is 7.99. The molecule has 0 saturated carbocycles. The van der Waals surface area contributed by atoms with Gasteiger partial charge in [-0.15, -0.1) is 0 Å². The van der Waals surface area contributed by atoms with Crippen molar-refractivity contribution in [1.82, 2.24) is 14.5 Å². The molecular formula is C23H26N4O3S. The van der Waals surface area contributed by atoms with Gasteiger partial charge in [0.1, 0.15) is 5.75 Å². The minimum Gasteiger partial charge on any atom is -0.494 e. The first-order valence-corrected chi connectivity index (χ1v) is 10.9. The maximum absolute atomic E-state index is 12.7. The van der Waals surface area contributed by atoms with E-state index in [1.807, 2.05) is 49.0 Å². The van der Waals surface area contributed by atoms with Gasteiger partial charge in [0.15, 0.2) is 5.16 Å². The Balaban J connectivity index is 1.51. The van der Waals surface area contributed by atoms with Crippen molar-refractivity contribution in [2.45, 2.75) is 18.6 Å². The molecule has 0 spiro atoms. The molecule has 1 N–H and O–H groups in total. The number of nitrogens with zero attached hydrogens (tertiary/aromatic N) is 3. The fourth-order valence-electron chi connectivity index (χ4n) is 2.94. The molecule has 0 aliphatic carbocycles. The van der Waals surface area contributed by atoms with Crippen LogP contribution in [0.25, 0.3) is 0 Å². The standard InChI is InChI=1S/C23H26N4O3S/c1-4-30-20-11-5-17(6-12-20)15-27(3)22(29)18-7-9-19(10-8-18)25-21(28)16-31-23-24-13-14-26(23)2/h5-14H,4,15-16H2,1-3H3,(H,25,28). The monoisotopic (exact) mass is 438 g/mol. The molecule has 8 heteroatoms. The van der Waals surface area contributed by atoms with Gasteiger partial charge in [-0.05, 0) is 48.9 Å². The van der Waals surface area contributed by atoms with Gasteiger partial charge in [0, 0.05) is 44.3 Å². The fraction of sp³-hybridized carbons (Fsp3) is 0.261. The number of carbonyl (C=O) groups is 2. The Labute approximate surface area is 186 Å². The molecule has 0 unspecified atom stereocenters. The Morgan fingerprint density at radius 1 is 1.13 bits per heavy atom. The average molecular weight is 439 g/mol. The molecule has 0 atom stereocenters. The van der Waals surface area contributed by atoms with Crippen molar-refractivity contribution >= 4 is 29.3 Å². The van der Waals surface area contributed by atoms with Crippen LogP contribution in [0.4, 0.5) is 5.69 Å². The number of anilines is 1. The molecule has 31 heavy (non-hydrogen) atoms. The summed E-state index contributed by atoms with van der Waals surface area (Å²) < 4.78 is 7.31. The number of amides is 2. The summed E-state index contributed by atoms with van der Waals surface area (Å²) in [5, 5.41) is 3.62. The second-order valence-corrected chi connectivity index (χ2v) is 7.92. The average Bonchev–Trinajstić information content (AvgIpc) is 3.18. The maximum atomic E-state index is 12.7. The van der Waals surface area contributed by atoms with E-state index < -0.39 is 0 Å². The van der Waals surface area contributed by atoms with Gasteiger partial charge in [0.2, 0.25) is 5.91 Å². The summed E-state index contributed by atoms with van der Waals surface area (Å²) in [7, 11) is 3.65. The minimum absolute atomic E-state index is 0.0860. The highest BCUT2D eigenvalue weighted by Crippen LogP contribution is 2.17. The van der Waals surface area contributed by atoms with Gasteiger partial charge in [0.05, 0.1) is 12.4 Å². The third kappa shape index (κ3) is 6.36. The van der Waals surface area contributed by atoms with Crippen LogP contribution < -0.4 is 10.1 Å². The molecule has 1 heterocycles. The van der Waals surface area contributed by atoms with E-state index in [-0.39, 0.29) is 17.6 Å². The summed E-state index contributed by atoms with van der Waals surface area (Å²) in [6, 6.07) is 14.6. The molecule has 2 amide bonds. The van der Waals surface area contributed by atoms with Crippen LogP contribution in [0.5, 0.6) is 5.75 Å². The fourth-order valence-corrected chi connectivity index (χ4v) is 3.67. The summed E-state index contributed by atoms with van der Waals surface area (Å²) in [5.41, 5.74) is 2.23. The van der Waals surface area contributed by atoms with E-state index in [4.69, 9.17) is 4.74 Å². The summed E-state index contributed by atoms with van der Waals surface area (Å²) >= 11 is 1.37. The molecule has 2 aromatic carbocycles. The second-order valence-electron chi connectivity index (χ2n) is 6.97. The SMILES string of the molecule is CCOc1ccc(CN(C)C(=O)c2ccc(NC(=O)CSc3nccn3C)cc2)cc1. The van der Waals surface area contributed by atoms with Crippen LogP contribution in [-0.2, 0) is 18.4 Å². The van der Waals surface area contributed by atoms with Crippen molar-refractivity contribution < 1.29 is 14.3 Å². The third-order valence-electron chi connectivity index (χ3n) is 4.53. The first-order chi connectivity index (χ1) is 15.0. The van der Waals surface area contributed by atoms with Crippen LogP contribution in [0.3, 0.4) is 0 Å². The van der Waals surface area contributed by atoms with Gasteiger partial charge in [-0.25, -0.2) is 4.98 Å². The molecular weight excluding hydrogens is 412 g/mol. The van der Waals surface area contributed by atoms with Crippen molar-refractivity contribution in [1.29, 1.82) is 0 Å². The molecule has 0 fully saturated rings. The normalized spacial score (nSPS) is 10.5. The predicted molar refractivity (Wildman–Crippen MR) is 122 cm³/mol. The van der Waals surface area contributed by atoms with Crippen molar-refractivity contribution in [3.05, 3.63) is 72.1 Å². The predicted octanol–water partition coefficient (Wildman–Crippen LogP) is 3.82. The number of nitrogens with one attached hydrogen (secondary N) is 1. The zero-order valence-corrected chi connectivity index (χ0v) is 18.7. The molecule has 3 rings (SSSR count). The van der Waals surface area contributed by atoms with Crippen LogP contribution in [0, 0.1) is 0 Å². The van der Waals surface area contributed by atoms with Crippen LogP contribution in [0.2, 0.25) is 0 Å². The molecule has 1 aromatic heterocycles. The minimum atomic E-state index is -0.125. The number of imidazole rings is 1. The van der Waals surface area contributed by atoms with Gasteiger partial charge in [-0.1, -0.05) is 23.9 Å². The number of thioether (sulfide) groups is 1. The van der Waals surface area contributed by atoms with E-state index >= 15 is 0 Å². The molecule has 0 aliphatic rings. The van der Waals surface area contributed by atoms with Crippen LogP contribution in [0.1, 0.15) is 22.8 Å². The second kappa shape index (κ2) is 10.7. The Bertz CT molecular complexity index is 1020. The number of hydrogen-bond acceptors (Lipinski definition) is 5. The van der Waals surface area contributed by atoms with Gasteiger partial charge >= 0.3 is 0 Å². The van der Waals surface area contributed by atoms with E-state index in [1.54, 1.807) is 42.4 Å². The Kier molecular flexibility index (Phi) is 7.72. The molecule has 162 valence electrons. The highest BCUT2D eigenvalue weighted by atomic mass is 32.2. The first-order valence-electron chi connectivity index (χ1n) is 9.93. The number of hydrogen-bond donors (Lipinski definition) is 1. The summed E-state index contributed by atoms with van der Waals surface area (Å²) in [6.45, 7) is 3.06. The van der Waals surface area contributed by atoms with Gasteiger partial charge in [-0.2, -0.15) is 0 Å². The Morgan fingerprint density at radius 2 is 1.84 bits per heavy atom. The maximum Gasteiger partial charge on any atom is 0.253 e. The number of rotatable bonds is 9. The van der Waals surface area contributed by atoms with Crippen LogP contribution in [-0.4, -0.2) is 45.7 Å². The quantitative estimate of drug-likeness (QED) is 0.514. The van der Waals surface area contributed by atoms with Crippen molar-refractivity contribution in [3.63, 3.8) is 0 Å². The van der Waals surface area contributed by atoms with Gasteiger partial charge in [0.25, 0.3) is 5.91 Å². The summed E-state index contributed by atoms with van der Waals surface area (Å²) in [5.74, 6) is 0.865. The zero-order chi connectivity index (χ0) is 22.2. The lowest BCUT2D eigenvalue weighted by atomic mass is 10.1. The van der Waals surface area contributed by atoms with E-state index in [2.05, 4.69) is 10.3 Å². The zero-order valence-electron chi connectivity index (χ0n) is 17.9. The van der Waals surface area contributed by atoms with Gasteiger partial charge < -0.3 is 19.5 Å². The smallest absolute Gasteiger partial charge is 0.253 e. The lowest BCUT2D eigenvalue weighted by Crippen LogP contribution is -2.26. The topological polar surface area (TPSA) is 76.5 Å². The Morgan fingerprint density at radius 3 is 2.45 bits per heavy atom. The number of aromatic nitrogens is 2. The molecule has 0 bridgehead atoms. The molecule has 3 aromatic rings. The summed E-state index contributed by atoms with van der Waals surface area (Å²) in [4.78, 5) is 30.7. The number of carbonyl (C=O) groups excluding carboxylic acids is 2. The number of ether oxygens (including phenoxy) is 1. The van der Waals surface area contributed by atoms with Crippen LogP contribution in [0.15, 0.2) is 66.1 Å². The van der Waals surface area contributed by atoms with E-state index in [1.165, 1.54) is 11.8 Å². The van der Waals surface area contributed by atoms with Gasteiger partial charge in [-0.3, -0.25) is 9.59 Å². The van der Waals surface area contributed by atoms with Crippen molar-refractivity contribution in [2.24, 2.45) is 7.05 Å². The first kappa shape index (κ1) is 22.4. The van der Waals surface area contributed by atoms with E-state index in [0.717, 1.165) is 16.5 Å². The molecule has 0 saturated heterocycles. The molecule has 0 aliphatic heterocycles. The van der Waals surface area contributed by atoms with Crippen molar-refractivity contribution in [2.75, 3.05) is 24.7 Å². The largest absolute Gasteiger partial charge is 0.494 e. The molecule has 7 nitrogen and oxygen atoms in total. The lowest BCUT2D eigenvalue weighted by Gasteiger charge is -2.18. The van der Waals surface area contributed by atoms with Crippen LogP contribution >= 0.6 is 11.8 Å². The molecule has 0 radical (unpaired) electrons. The third-order valence-corrected chi connectivity index (χ3v) is 5.58. The van der Waals surface area contributed by atoms with Crippen molar-refractivity contribution in [3.8, 4) is 5.75 Å². The number of aryl methyl sites for hydroxylation is 1. The number of benzene rings is 2. The lowest BCUT2D eigenvalue weighted by molar-refractivity contribution is -0.113. The van der Waals surface area contributed by atoms with E-state index in [9.17, 15) is 9.59 Å².